The monoisotopic (exact) mass is 349 g/mol. The number of hydrogen-bond acceptors (Lipinski definition) is 3. The van der Waals surface area contributed by atoms with Crippen LogP contribution in [0.5, 0.6) is 0 Å². The van der Waals surface area contributed by atoms with Crippen molar-refractivity contribution in [3.8, 4) is 6.07 Å². The van der Waals surface area contributed by atoms with Crippen LogP contribution in [0.15, 0.2) is 51.8 Å². The molecule has 3 nitrogen and oxygen atoms in total. The van der Waals surface area contributed by atoms with Crippen LogP contribution in [-0.2, 0) is 15.6 Å². The number of nitrogens with zero attached hydrogens (tertiary/aromatic N) is 1. The quantitative estimate of drug-likeness (QED) is 0.850. The Kier molecular flexibility index (Phi) is 4.26. The minimum atomic E-state index is -3.39. The third-order valence-corrected chi connectivity index (χ3v) is 5.13. The summed E-state index contributed by atoms with van der Waals surface area (Å²) in [5.41, 5.74) is 2.05. The van der Waals surface area contributed by atoms with Gasteiger partial charge >= 0.3 is 0 Å². The number of nitriles is 1. The van der Waals surface area contributed by atoms with Crippen molar-refractivity contribution in [1.29, 1.82) is 5.26 Å². The SMILES string of the molecule is Cc1cc(C#N)ccc1CS(=O)(=O)c1cccc(Br)c1. The molecule has 0 spiro atoms. The van der Waals surface area contributed by atoms with Crippen LogP contribution in [0.1, 0.15) is 16.7 Å². The van der Waals surface area contributed by atoms with E-state index in [-0.39, 0.29) is 10.6 Å². The van der Waals surface area contributed by atoms with Crippen LogP contribution in [0.2, 0.25) is 0 Å². The zero-order valence-corrected chi connectivity index (χ0v) is 13.2. The van der Waals surface area contributed by atoms with Crippen molar-refractivity contribution in [3.05, 3.63) is 63.6 Å². The summed E-state index contributed by atoms with van der Waals surface area (Å²) in [6, 6.07) is 13.7. The van der Waals surface area contributed by atoms with E-state index in [9.17, 15) is 8.42 Å². The molecule has 2 aromatic rings. The molecular weight excluding hydrogens is 338 g/mol. The molecule has 0 atom stereocenters. The first-order chi connectivity index (χ1) is 9.42. The van der Waals surface area contributed by atoms with Crippen molar-refractivity contribution in [2.24, 2.45) is 0 Å². The van der Waals surface area contributed by atoms with E-state index in [4.69, 9.17) is 5.26 Å². The number of benzene rings is 2. The third kappa shape index (κ3) is 3.27. The Hall–Kier alpha value is -1.64. The molecule has 2 aromatic carbocycles. The van der Waals surface area contributed by atoms with Crippen LogP contribution in [0, 0.1) is 18.3 Å². The van der Waals surface area contributed by atoms with Crippen molar-refractivity contribution in [2.75, 3.05) is 0 Å². The Morgan fingerprint density at radius 3 is 2.55 bits per heavy atom. The van der Waals surface area contributed by atoms with E-state index in [1.165, 1.54) is 0 Å². The van der Waals surface area contributed by atoms with Crippen LogP contribution in [0.3, 0.4) is 0 Å². The Morgan fingerprint density at radius 1 is 1.20 bits per heavy atom. The van der Waals surface area contributed by atoms with Gasteiger partial charge in [-0.25, -0.2) is 8.42 Å². The summed E-state index contributed by atoms with van der Waals surface area (Å²) in [6.07, 6.45) is 0. The molecule has 102 valence electrons. The Bertz CT molecular complexity index is 792. The smallest absolute Gasteiger partial charge is 0.182 e. The fourth-order valence-electron chi connectivity index (χ4n) is 1.88. The van der Waals surface area contributed by atoms with Crippen molar-refractivity contribution in [1.82, 2.24) is 0 Å². The predicted octanol–water partition coefficient (Wildman–Crippen LogP) is 3.60. The molecule has 0 radical (unpaired) electrons. The van der Waals surface area contributed by atoms with Crippen LogP contribution >= 0.6 is 15.9 Å². The van der Waals surface area contributed by atoms with Gasteiger partial charge in [-0.05, 0) is 48.4 Å². The number of aryl methyl sites for hydroxylation is 1. The van der Waals surface area contributed by atoms with E-state index < -0.39 is 9.84 Å². The molecule has 0 heterocycles. The summed E-state index contributed by atoms with van der Waals surface area (Å²) in [7, 11) is -3.39. The maximum absolute atomic E-state index is 12.4. The summed E-state index contributed by atoms with van der Waals surface area (Å²) in [4.78, 5) is 0.288. The summed E-state index contributed by atoms with van der Waals surface area (Å²) < 4.78 is 25.5. The zero-order valence-electron chi connectivity index (χ0n) is 10.8. The average molecular weight is 350 g/mol. The Morgan fingerprint density at radius 2 is 1.95 bits per heavy atom. The molecule has 0 unspecified atom stereocenters. The van der Waals surface area contributed by atoms with Crippen LogP contribution in [0.25, 0.3) is 0 Å². The summed E-state index contributed by atoms with van der Waals surface area (Å²) in [6.45, 7) is 1.81. The third-order valence-electron chi connectivity index (χ3n) is 2.97. The van der Waals surface area contributed by atoms with E-state index in [2.05, 4.69) is 15.9 Å². The molecule has 0 aromatic heterocycles. The zero-order chi connectivity index (χ0) is 14.8. The molecule has 0 bridgehead atoms. The average Bonchev–Trinajstić information content (AvgIpc) is 2.41. The van der Waals surface area contributed by atoms with Crippen LogP contribution in [0.4, 0.5) is 0 Å². The molecule has 0 fully saturated rings. The Labute approximate surface area is 126 Å². The van der Waals surface area contributed by atoms with Gasteiger partial charge in [0.1, 0.15) is 0 Å². The molecule has 5 heteroatoms. The van der Waals surface area contributed by atoms with Crippen molar-refractivity contribution < 1.29 is 8.42 Å². The predicted molar refractivity (Wildman–Crippen MR) is 80.9 cm³/mol. The topological polar surface area (TPSA) is 57.9 Å². The van der Waals surface area contributed by atoms with E-state index in [1.807, 2.05) is 13.0 Å². The lowest BCUT2D eigenvalue weighted by Gasteiger charge is -2.08. The normalized spacial score (nSPS) is 11.1. The van der Waals surface area contributed by atoms with E-state index in [0.29, 0.717) is 11.1 Å². The molecule has 0 aliphatic rings. The van der Waals surface area contributed by atoms with Crippen molar-refractivity contribution >= 4 is 25.8 Å². The number of sulfone groups is 1. The van der Waals surface area contributed by atoms with Gasteiger partial charge in [-0.2, -0.15) is 5.26 Å². The summed E-state index contributed by atoms with van der Waals surface area (Å²) in [5, 5.41) is 8.82. The minimum absolute atomic E-state index is 0.0685. The largest absolute Gasteiger partial charge is 0.223 e. The lowest BCUT2D eigenvalue weighted by molar-refractivity contribution is 0.595. The van der Waals surface area contributed by atoms with Gasteiger partial charge in [0.15, 0.2) is 9.84 Å². The van der Waals surface area contributed by atoms with Crippen LogP contribution in [-0.4, -0.2) is 8.42 Å². The van der Waals surface area contributed by atoms with Gasteiger partial charge in [0, 0.05) is 4.47 Å². The van der Waals surface area contributed by atoms with Gasteiger partial charge in [-0.3, -0.25) is 0 Å². The fourth-order valence-corrected chi connectivity index (χ4v) is 3.92. The number of hydrogen-bond donors (Lipinski definition) is 0. The minimum Gasteiger partial charge on any atom is -0.223 e. The molecule has 20 heavy (non-hydrogen) atoms. The van der Waals surface area contributed by atoms with Crippen LogP contribution < -0.4 is 0 Å². The van der Waals surface area contributed by atoms with Gasteiger partial charge in [0.05, 0.1) is 22.3 Å². The van der Waals surface area contributed by atoms with E-state index in [1.54, 1.807) is 42.5 Å². The highest BCUT2D eigenvalue weighted by atomic mass is 79.9. The van der Waals surface area contributed by atoms with Gasteiger partial charge < -0.3 is 0 Å². The van der Waals surface area contributed by atoms with Gasteiger partial charge in [-0.15, -0.1) is 0 Å². The fraction of sp³-hybridized carbons (Fsp3) is 0.133. The molecule has 2 rings (SSSR count). The van der Waals surface area contributed by atoms with E-state index >= 15 is 0 Å². The maximum Gasteiger partial charge on any atom is 0.182 e. The molecule has 0 aliphatic heterocycles. The van der Waals surface area contributed by atoms with Crippen molar-refractivity contribution in [2.45, 2.75) is 17.6 Å². The summed E-state index contributed by atoms with van der Waals surface area (Å²) >= 11 is 3.27. The first kappa shape index (κ1) is 14.8. The number of halogens is 1. The molecule has 0 N–H and O–H groups in total. The molecule has 0 amide bonds. The Balaban J connectivity index is 2.36. The second kappa shape index (κ2) is 5.78. The molecule has 0 aliphatic carbocycles. The maximum atomic E-state index is 12.4. The van der Waals surface area contributed by atoms with Gasteiger partial charge in [0.2, 0.25) is 0 Å². The standard InChI is InChI=1S/C15H12BrNO2S/c1-11-7-12(9-17)5-6-13(11)10-20(18,19)15-4-2-3-14(16)8-15/h2-8H,10H2,1H3. The highest BCUT2D eigenvalue weighted by Gasteiger charge is 2.16. The second-order valence-corrected chi connectivity index (χ2v) is 7.37. The molecule has 0 saturated carbocycles. The highest BCUT2D eigenvalue weighted by Crippen LogP contribution is 2.22. The summed E-state index contributed by atoms with van der Waals surface area (Å²) in [5.74, 6) is -0.0685. The lowest BCUT2D eigenvalue weighted by atomic mass is 10.1. The second-order valence-electron chi connectivity index (χ2n) is 4.47. The van der Waals surface area contributed by atoms with Gasteiger partial charge in [0.25, 0.3) is 0 Å². The molecule has 0 saturated heterocycles. The first-order valence-corrected chi connectivity index (χ1v) is 8.35. The van der Waals surface area contributed by atoms with E-state index in [0.717, 1.165) is 10.0 Å². The first-order valence-electron chi connectivity index (χ1n) is 5.90. The highest BCUT2D eigenvalue weighted by molar-refractivity contribution is 9.10. The van der Waals surface area contributed by atoms with Crippen molar-refractivity contribution in [3.63, 3.8) is 0 Å². The van der Waals surface area contributed by atoms with Gasteiger partial charge in [-0.1, -0.05) is 28.1 Å². The number of rotatable bonds is 3. The lowest BCUT2D eigenvalue weighted by Crippen LogP contribution is -2.06. The molecular formula is C15H12BrNO2S.